The molecule has 7 nitrogen and oxygen atoms in total. The Morgan fingerprint density at radius 2 is 1.92 bits per heavy atom. The highest BCUT2D eigenvalue weighted by atomic mass is 19.1. The summed E-state index contributed by atoms with van der Waals surface area (Å²) in [6, 6.07) is 4.26. The van der Waals surface area contributed by atoms with E-state index in [0.29, 0.717) is 24.8 Å². The van der Waals surface area contributed by atoms with Gasteiger partial charge in [0.2, 0.25) is 11.8 Å². The number of nitrogens with zero attached hydrogens (tertiary/aromatic N) is 1. The number of halogens is 1. The monoisotopic (exact) mass is 539 g/mol. The zero-order valence-electron chi connectivity index (χ0n) is 22.7. The van der Waals surface area contributed by atoms with Crippen LogP contribution in [0.5, 0.6) is 5.75 Å². The van der Waals surface area contributed by atoms with E-state index in [0.717, 1.165) is 61.7 Å². The Balaban J connectivity index is 1.39. The van der Waals surface area contributed by atoms with Crippen LogP contribution >= 0.6 is 0 Å². The van der Waals surface area contributed by atoms with E-state index in [1.807, 2.05) is 6.08 Å². The van der Waals surface area contributed by atoms with Gasteiger partial charge in [-0.25, -0.2) is 4.39 Å². The number of rotatable bonds is 8. The summed E-state index contributed by atoms with van der Waals surface area (Å²) in [6.07, 6.45) is 9.72. The van der Waals surface area contributed by atoms with Gasteiger partial charge in [0.25, 0.3) is 0 Å². The van der Waals surface area contributed by atoms with Crippen LogP contribution in [0.2, 0.25) is 6.32 Å². The maximum atomic E-state index is 13.9. The van der Waals surface area contributed by atoms with Gasteiger partial charge < -0.3 is 19.9 Å². The van der Waals surface area contributed by atoms with E-state index in [1.165, 1.54) is 17.0 Å². The van der Waals surface area contributed by atoms with Crippen LogP contribution < -0.4 is 0 Å². The average Bonchev–Trinajstić information content (AvgIpc) is 3.18. The number of imide groups is 1. The number of likely N-dealkylation sites (tertiary alicyclic amines) is 1. The fourth-order valence-electron chi connectivity index (χ4n) is 7.39. The molecule has 0 unspecified atom stereocenters. The summed E-state index contributed by atoms with van der Waals surface area (Å²) >= 11 is 0. The summed E-state index contributed by atoms with van der Waals surface area (Å²) in [4.78, 5) is 28.8. The van der Waals surface area contributed by atoms with Crippen LogP contribution in [-0.2, 0) is 14.2 Å². The minimum absolute atomic E-state index is 0.0441. The Kier molecular flexibility index (Phi) is 8.59. The van der Waals surface area contributed by atoms with Crippen LogP contribution in [0.4, 0.5) is 4.39 Å². The molecule has 2 heterocycles. The van der Waals surface area contributed by atoms with Crippen LogP contribution in [0.3, 0.4) is 0 Å². The third-order valence-electron chi connectivity index (χ3n) is 9.11. The van der Waals surface area contributed by atoms with E-state index in [9.17, 15) is 29.2 Å². The molecule has 4 aliphatic rings. The molecule has 1 aromatic rings. The highest BCUT2D eigenvalue weighted by molar-refractivity contribution is 6.43. The molecule has 0 spiro atoms. The van der Waals surface area contributed by atoms with Crippen molar-refractivity contribution in [1.29, 1.82) is 0 Å². The first-order chi connectivity index (χ1) is 18.8. The van der Waals surface area contributed by atoms with Gasteiger partial charge in [-0.3, -0.25) is 14.5 Å². The van der Waals surface area contributed by atoms with Crippen molar-refractivity contribution in [3.63, 3.8) is 0 Å². The number of aromatic hydroxyl groups is 1. The van der Waals surface area contributed by atoms with Crippen molar-refractivity contribution in [3.8, 4) is 5.75 Å². The predicted octanol–water partition coefficient (Wildman–Crippen LogP) is 4.62. The molecule has 2 aliphatic carbocycles. The zero-order chi connectivity index (χ0) is 27.7. The van der Waals surface area contributed by atoms with Gasteiger partial charge in [-0.15, -0.1) is 0 Å². The summed E-state index contributed by atoms with van der Waals surface area (Å²) in [5, 5.41) is 30.6. The van der Waals surface area contributed by atoms with Crippen LogP contribution in [0.25, 0.3) is 6.08 Å². The molecular weight excluding hydrogens is 500 g/mol. The first-order valence-corrected chi connectivity index (χ1v) is 14.5. The molecule has 1 aromatic carbocycles. The second kappa shape index (κ2) is 11.9. The highest BCUT2D eigenvalue weighted by Gasteiger charge is 2.58. The lowest BCUT2D eigenvalue weighted by Crippen LogP contribution is -2.47. The Labute approximate surface area is 229 Å². The minimum Gasteiger partial charge on any atom is -0.505 e. The number of carbonyl (C=O) groups excluding carboxylic acids is 2. The van der Waals surface area contributed by atoms with Crippen LogP contribution in [0.15, 0.2) is 34.9 Å². The second-order valence-corrected chi connectivity index (χ2v) is 11.6. The second-order valence-electron chi connectivity index (χ2n) is 11.6. The molecule has 2 saturated heterocycles. The van der Waals surface area contributed by atoms with E-state index in [-0.39, 0.29) is 42.5 Å². The smallest absolute Gasteiger partial charge is 0.455 e. The lowest BCUT2D eigenvalue weighted by atomic mass is 9.58. The molecular formula is C30H39BFNO6. The van der Waals surface area contributed by atoms with E-state index >= 15 is 0 Å². The molecule has 2 aliphatic heterocycles. The Morgan fingerprint density at radius 1 is 1.15 bits per heavy atom. The molecule has 39 heavy (non-hydrogen) atoms. The summed E-state index contributed by atoms with van der Waals surface area (Å²) < 4.78 is 19.9. The van der Waals surface area contributed by atoms with Crippen molar-refractivity contribution in [2.75, 3.05) is 6.61 Å². The fourth-order valence-corrected chi connectivity index (χ4v) is 7.39. The molecule has 0 bridgehead atoms. The zero-order valence-corrected chi connectivity index (χ0v) is 22.7. The van der Waals surface area contributed by atoms with Gasteiger partial charge in [-0.2, -0.15) is 0 Å². The molecule has 3 fully saturated rings. The van der Waals surface area contributed by atoms with Crippen molar-refractivity contribution < 1.29 is 33.9 Å². The first kappa shape index (κ1) is 28.1. The normalized spacial score (nSPS) is 28.3. The molecule has 0 aromatic heterocycles. The quantitative estimate of drug-likeness (QED) is 0.253. The summed E-state index contributed by atoms with van der Waals surface area (Å²) in [7, 11) is -1.06. The minimum atomic E-state index is -1.06. The molecule has 210 valence electrons. The number of aliphatic hydroxyl groups is 1. The van der Waals surface area contributed by atoms with Crippen LogP contribution in [0.1, 0.15) is 76.7 Å². The van der Waals surface area contributed by atoms with Gasteiger partial charge in [-0.05, 0) is 79.6 Å². The molecule has 0 radical (unpaired) electrons. The van der Waals surface area contributed by atoms with Gasteiger partial charge in [0.15, 0.2) is 11.6 Å². The summed E-state index contributed by atoms with van der Waals surface area (Å²) in [5.41, 5.74) is 3.37. The topological polar surface area (TPSA) is 107 Å². The number of carbonyl (C=O) groups is 2. The Hall–Kier alpha value is -2.49. The molecule has 5 rings (SSSR count). The molecule has 3 N–H and O–H groups in total. The fraction of sp³-hybridized carbons (Fsp3) is 0.600. The highest BCUT2D eigenvalue weighted by Crippen LogP contribution is 2.51. The first-order valence-electron chi connectivity index (χ1n) is 14.5. The van der Waals surface area contributed by atoms with E-state index < -0.39 is 30.9 Å². The third-order valence-corrected chi connectivity index (χ3v) is 9.11. The SMILES string of the molecule is CCC/C(=C\c1ccc(O)c(F)c1)CC[C@H]1OB(O)C[C@H]2C1=C(CO)C[C@H]1C(=O)N(C3CCCCC3)C(=O)[C@H]12. The van der Waals surface area contributed by atoms with Gasteiger partial charge in [0, 0.05) is 6.04 Å². The maximum absolute atomic E-state index is 13.9. The lowest BCUT2D eigenvalue weighted by molar-refractivity contribution is -0.143. The largest absolute Gasteiger partial charge is 0.505 e. The van der Waals surface area contributed by atoms with Crippen molar-refractivity contribution in [3.05, 3.63) is 46.3 Å². The van der Waals surface area contributed by atoms with Gasteiger partial charge in [0.05, 0.1) is 24.5 Å². The number of phenols is 1. The molecule has 2 amide bonds. The number of hydrogen-bond acceptors (Lipinski definition) is 6. The number of phenolic OH excluding ortho intramolecular Hbond substituents is 1. The van der Waals surface area contributed by atoms with E-state index in [1.54, 1.807) is 6.07 Å². The number of allylic oxidation sites excluding steroid dienone is 1. The lowest BCUT2D eigenvalue weighted by Gasteiger charge is -2.43. The maximum Gasteiger partial charge on any atom is 0.455 e. The van der Waals surface area contributed by atoms with Crippen molar-refractivity contribution >= 4 is 25.0 Å². The van der Waals surface area contributed by atoms with Crippen LogP contribution in [-0.4, -0.2) is 57.8 Å². The summed E-state index contributed by atoms with van der Waals surface area (Å²) in [6.45, 7) is 1.86. The number of aliphatic hydroxyl groups excluding tert-OH is 1. The third kappa shape index (κ3) is 5.58. The van der Waals surface area contributed by atoms with E-state index in [4.69, 9.17) is 4.65 Å². The number of benzene rings is 1. The molecule has 9 heteroatoms. The van der Waals surface area contributed by atoms with Gasteiger partial charge in [-0.1, -0.05) is 50.3 Å². The Bertz CT molecular complexity index is 1160. The predicted molar refractivity (Wildman–Crippen MR) is 146 cm³/mol. The average molecular weight is 539 g/mol. The van der Waals surface area contributed by atoms with Gasteiger partial charge >= 0.3 is 7.12 Å². The van der Waals surface area contributed by atoms with Crippen LogP contribution in [0, 0.1) is 23.6 Å². The molecule has 1 saturated carbocycles. The van der Waals surface area contributed by atoms with Crippen molar-refractivity contribution in [2.45, 2.75) is 89.6 Å². The number of amides is 2. The standard InChI is InChI=1S/C30H39BFNO6/c1-2-6-18(13-19-9-11-25(35)24(32)14-19)10-12-26-27-20(17-34)15-22-28(23(27)16-31(38)39-26)30(37)33(29(22)36)21-7-4-3-5-8-21/h9,11,13-14,21-23,26,28,34-35,38H,2-8,10,12,15-17H2,1H3/b18-13+/t22-,23+,26-,28-/m1/s1. The summed E-state index contributed by atoms with van der Waals surface area (Å²) in [5.74, 6) is -2.64. The van der Waals surface area contributed by atoms with Crippen molar-refractivity contribution in [1.82, 2.24) is 4.90 Å². The number of fused-ring (bicyclic) bond motifs is 3. The van der Waals surface area contributed by atoms with Crippen molar-refractivity contribution in [2.24, 2.45) is 17.8 Å². The number of hydrogen-bond donors (Lipinski definition) is 3. The molecule has 4 atom stereocenters. The Morgan fingerprint density at radius 3 is 2.62 bits per heavy atom. The van der Waals surface area contributed by atoms with E-state index in [2.05, 4.69) is 6.92 Å². The van der Waals surface area contributed by atoms with Gasteiger partial charge in [0.1, 0.15) is 0 Å².